The maximum Gasteiger partial charge on any atom is 0.234 e. The van der Waals surface area contributed by atoms with Crippen LogP contribution in [0.1, 0.15) is 0 Å². The third-order valence-corrected chi connectivity index (χ3v) is 2.57. The lowest BCUT2D eigenvalue weighted by atomic mass is 10.8. The van der Waals surface area contributed by atoms with Crippen LogP contribution in [-0.2, 0) is 4.79 Å². The van der Waals surface area contributed by atoms with E-state index >= 15 is 0 Å². The lowest BCUT2D eigenvalue weighted by Crippen LogP contribution is -2.07. The van der Waals surface area contributed by atoms with Gasteiger partial charge in [-0.05, 0) is 0 Å². The van der Waals surface area contributed by atoms with E-state index in [4.69, 9.17) is 0 Å². The van der Waals surface area contributed by atoms with Gasteiger partial charge in [0, 0.05) is 7.93 Å². The summed E-state index contributed by atoms with van der Waals surface area (Å²) in [5.41, 5.74) is 0. The van der Waals surface area contributed by atoms with Crippen LogP contribution in [0, 0.1) is 0 Å². The van der Waals surface area contributed by atoms with Gasteiger partial charge in [0.15, 0.2) is 0 Å². The van der Waals surface area contributed by atoms with E-state index in [1.54, 1.807) is 11.4 Å². The van der Waals surface area contributed by atoms with E-state index in [2.05, 4.69) is 5.09 Å². The lowest BCUT2D eigenvalue weighted by molar-refractivity contribution is -0.116. The van der Waals surface area contributed by atoms with Crippen molar-refractivity contribution >= 4 is 25.2 Å². The molecule has 6 heavy (non-hydrogen) atoms. The lowest BCUT2D eigenvalue weighted by Gasteiger charge is -1.78. The monoisotopic (exact) mass is 121 g/mol. The van der Waals surface area contributed by atoms with Gasteiger partial charge < -0.3 is 5.09 Å². The number of carbonyl (C=O) groups is 1. The molecule has 1 fully saturated rings. The Morgan fingerprint density at radius 1 is 2.00 bits per heavy atom. The topological polar surface area (TPSA) is 29.1 Å². The van der Waals surface area contributed by atoms with E-state index in [-0.39, 0.29) is 5.91 Å². The Balaban J connectivity index is 2.37. The number of rotatable bonds is 0. The third-order valence-electron chi connectivity index (χ3n) is 0.466. The molecule has 4 heteroatoms. The van der Waals surface area contributed by atoms with Gasteiger partial charge in [-0.2, -0.15) is 0 Å². The highest BCUT2D eigenvalue weighted by molar-refractivity contribution is 8.50. The molecule has 1 rings (SSSR count). The van der Waals surface area contributed by atoms with E-state index in [1.165, 1.54) is 0 Å². The molecule has 0 radical (unpaired) electrons. The Labute approximate surface area is 41.7 Å². The van der Waals surface area contributed by atoms with Gasteiger partial charge in [0.05, 0.1) is 5.75 Å². The van der Waals surface area contributed by atoms with E-state index in [9.17, 15) is 4.79 Å². The van der Waals surface area contributed by atoms with Gasteiger partial charge in [-0.1, -0.05) is 0 Å². The number of amides is 1. The summed E-state index contributed by atoms with van der Waals surface area (Å²) in [6.45, 7) is 0. The fraction of sp³-hybridized carbons (Fsp3) is 0.500. The first kappa shape index (κ1) is 4.41. The minimum Gasteiger partial charge on any atom is -0.328 e. The molecule has 0 bridgehead atoms. The molecule has 1 aliphatic heterocycles. The summed E-state index contributed by atoms with van der Waals surface area (Å²) in [5.74, 6) is 0.844. The Bertz CT molecular complexity index is 67.9. The minimum absolute atomic E-state index is 0.179. The zero-order valence-electron chi connectivity index (χ0n) is 3.02. The normalized spacial score (nSPS) is 25.0. The van der Waals surface area contributed by atoms with Crippen LogP contribution < -0.4 is 5.09 Å². The van der Waals surface area contributed by atoms with Gasteiger partial charge in [0.2, 0.25) is 5.91 Å². The van der Waals surface area contributed by atoms with Crippen molar-refractivity contribution in [3.63, 3.8) is 0 Å². The predicted octanol–water partition coefficient (Wildman–Crippen LogP) is 0.358. The van der Waals surface area contributed by atoms with Gasteiger partial charge in [-0.15, -0.1) is 11.4 Å². The van der Waals surface area contributed by atoms with Crippen LogP contribution in [0.5, 0.6) is 0 Å². The number of carbonyl (C=O) groups excluding carboxylic acids is 1. The molecule has 1 amide bonds. The molecule has 0 aromatic rings. The van der Waals surface area contributed by atoms with Crippen LogP contribution in [0.25, 0.3) is 0 Å². The first-order valence-corrected chi connectivity index (χ1v) is 4.26. The van der Waals surface area contributed by atoms with Gasteiger partial charge in [0.25, 0.3) is 0 Å². The molecule has 1 heterocycles. The minimum atomic E-state index is 0.179. The smallest absolute Gasteiger partial charge is 0.234 e. The van der Waals surface area contributed by atoms with Crippen LogP contribution >= 0.6 is 19.3 Å². The molecule has 0 spiro atoms. The summed E-state index contributed by atoms with van der Waals surface area (Å²) < 4.78 is 0. The summed E-state index contributed by atoms with van der Waals surface area (Å²) in [5, 5.41) is 2.67. The first-order chi connectivity index (χ1) is 2.89. The van der Waals surface area contributed by atoms with Crippen molar-refractivity contribution in [2.24, 2.45) is 0 Å². The molecule has 0 aromatic heterocycles. The van der Waals surface area contributed by atoms with Crippen molar-refractivity contribution in [3.8, 4) is 0 Å². The van der Waals surface area contributed by atoms with Crippen molar-refractivity contribution in [1.29, 1.82) is 0 Å². The zero-order valence-corrected chi connectivity index (χ0v) is 4.84. The molecule has 0 aromatic carbocycles. The van der Waals surface area contributed by atoms with Gasteiger partial charge in [0.1, 0.15) is 0 Å². The summed E-state index contributed by atoms with van der Waals surface area (Å²) in [7, 11) is 0.606. The quantitative estimate of drug-likeness (QED) is 0.469. The molecule has 1 aliphatic rings. The van der Waals surface area contributed by atoms with Crippen LogP contribution in [0.15, 0.2) is 0 Å². The molecule has 0 saturated carbocycles. The highest BCUT2D eigenvalue weighted by Crippen LogP contribution is 2.29. The van der Waals surface area contributed by atoms with Crippen molar-refractivity contribution in [2.75, 3.05) is 5.75 Å². The molecule has 1 N–H and O–H groups in total. The van der Waals surface area contributed by atoms with Gasteiger partial charge >= 0.3 is 0 Å². The van der Waals surface area contributed by atoms with E-state index < -0.39 is 0 Å². The maximum absolute atomic E-state index is 10.1. The second-order valence-corrected chi connectivity index (χ2v) is 3.45. The van der Waals surface area contributed by atoms with Crippen LogP contribution in [0.4, 0.5) is 0 Å². The molecule has 1 saturated heterocycles. The maximum atomic E-state index is 10.1. The molecule has 2 nitrogen and oxygen atoms in total. The average molecular weight is 121 g/mol. The molecule has 0 aliphatic carbocycles. The average Bonchev–Trinajstić information content (AvgIpc) is 1.86. The third kappa shape index (κ3) is 0.854. The molecule has 1 unspecified atom stereocenters. The molecule has 34 valence electrons. The Morgan fingerprint density at radius 2 is 2.83 bits per heavy atom. The van der Waals surface area contributed by atoms with Crippen molar-refractivity contribution in [2.45, 2.75) is 0 Å². The number of nitrogens with one attached hydrogen (secondary N) is 1. The molecule has 1 atom stereocenters. The first-order valence-electron chi connectivity index (χ1n) is 1.55. The summed E-state index contributed by atoms with van der Waals surface area (Å²) in [4.78, 5) is 10.1. The van der Waals surface area contributed by atoms with E-state index in [0.29, 0.717) is 13.7 Å². The van der Waals surface area contributed by atoms with E-state index in [1.807, 2.05) is 0 Å². The predicted molar refractivity (Wildman–Crippen MR) is 28.9 cm³/mol. The Morgan fingerprint density at radius 3 is 3.00 bits per heavy atom. The fourth-order valence-electron chi connectivity index (χ4n) is 0.231. The Hall–Kier alpha value is 0.250. The van der Waals surface area contributed by atoms with Crippen LogP contribution in [0.3, 0.4) is 0 Å². The molecular formula is C2H4NOPS. The van der Waals surface area contributed by atoms with Gasteiger partial charge in [-0.25, -0.2) is 0 Å². The summed E-state index contributed by atoms with van der Waals surface area (Å²) >= 11 is 1.65. The van der Waals surface area contributed by atoms with Crippen molar-refractivity contribution in [3.05, 3.63) is 0 Å². The van der Waals surface area contributed by atoms with E-state index in [0.717, 1.165) is 0 Å². The second kappa shape index (κ2) is 1.80. The highest BCUT2D eigenvalue weighted by atomic mass is 32.7. The highest BCUT2D eigenvalue weighted by Gasteiger charge is 2.06. The number of hydrogen-bond donors (Lipinski definition) is 1. The van der Waals surface area contributed by atoms with Crippen LogP contribution in [-0.4, -0.2) is 11.7 Å². The van der Waals surface area contributed by atoms with Gasteiger partial charge in [-0.3, -0.25) is 4.79 Å². The van der Waals surface area contributed by atoms with Crippen molar-refractivity contribution in [1.82, 2.24) is 5.09 Å². The largest absolute Gasteiger partial charge is 0.328 e. The zero-order chi connectivity index (χ0) is 4.41. The number of hydrogen-bond acceptors (Lipinski definition) is 2. The standard InChI is InChI=1S/C2H4NOPS/c4-2-1-6-5-3-2/h5H,1H2,(H,3,4). The van der Waals surface area contributed by atoms with Crippen molar-refractivity contribution < 1.29 is 4.79 Å². The summed E-state index contributed by atoms with van der Waals surface area (Å²) in [6.07, 6.45) is 0. The molecular weight excluding hydrogens is 117 g/mol. The summed E-state index contributed by atoms with van der Waals surface area (Å²) in [6, 6.07) is 0. The second-order valence-electron chi connectivity index (χ2n) is 0.939. The Kier molecular flexibility index (Phi) is 1.33. The fourth-order valence-corrected chi connectivity index (χ4v) is 2.08. The SMILES string of the molecule is O=C1CSPN1. The van der Waals surface area contributed by atoms with Crippen LogP contribution in [0.2, 0.25) is 0 Å².